The highest BCUT2D eigenvalue weighted by Crippen LogP contribution is 2.39. The number of alkyl halides is 1. The lowest BCUT2D eigenvalue weighted by Gasteiger charge is -2.34. The maximum absolute atomic E-state index is 13.0. The minimum Gasteiger partial charge on any atom is -0.491 e. The number of hydrogen-bond acceptors (Lipinski definition) is 5. The summed E-state index contributed by atoms with van der Waals surface area (Å²) in [5.41, 5.74) is 0. The molecule has 27 heavy (non-hydrogen) atoms. The summed E-state index contributed by atoms with van der Waals surface area (Å²) in [7, 11) is 0. The molecule has 1 N–H and O–H groups in total. The van der Waals surface area contributed by atoms with Crippen molar-refractivity contribution in [1.29, 1.82) is 0 Å². The molecule has 1 atom stereocenters. The van der Waals surface area contributed by atoms with Crippen LogP contribution in [0.5, 0.6) is 5.75 Å². The average Bonchev–Trinajstić information content (AvgIpc) is 3.06. The van der Waals surface area contributed by atoms with E-state index in [0.29, 0.717) is 30.4 Å². The highest BCUT2D eigenvalue weighted by Gasteiger charge is 2.25. The van der Waals surface area contributed by atoms with Crippen LogP contribution < -0.4 is 10.1 Å². The van der Waals surface area contributed by atoms with Crippen molar-refractivity contribution in [3.63, 3.8) is 0 Å². The van der Waals surface area contributed by atoms with Crippen LogP contribution in [0.4, 0.5) is 0 Å². The summed E-state index contributed by atoms with van der Waals surface area (Å²) in [6.45, 7) is 7.67. The summed E-state index contributed by atoms with van der Waals surface area (Å²) in [6, 6.07) is 6.01. The lowest BCUT2D eigenvalue weighted by atomic mass is 10.2. The summed E-state index contributed by atoms with van der Waals surface area (Å²) in [4.78, 5) is 15.9. The third-order valence-corrected chi connectivity index (χ3v) is 5.91. The van der Waals surface area contributed by atoms with Gasteiger partial charge in [-0.2, -0.15) is 0 Å². The number of carbonyl (C=O) groups excluding carboxylic acids is 1. The molecule has 0 aliphatic carbocycles. The van der Waals surface area contributed by atoms with E-state index in [0.717, 1.165) is 34.1 Å². The number of amides is 1. The van der Waals surface area contributed by atoms with Crippen LogP contribution in [0.25, 0.3) is 10.1 Å². The van der Waals surface area contributed by atoms with E-state index in [1.165, 1.54) is 11.3 Å². The van der Waals surface area contributed by atoms with E-state index in [1.54, 1.807) is 0 Å². The number of morpholine rings is 1. The van der Waals surface area contributed by atoms with Crippen LogP contribution in [-0.2, 0) is 4.74 Å². The highest BCUT2D eigenvalue weighted by molar-refractivity contribution is 9.10. The van der Waals surface area contributed by atoms with Crippen molar-refractivity contribution in [2.45, 2.75) is 26.4 Å². The zero-order valence-corrected chi connectivity index (χ0v) is 19.9. The topological polar surface area (TPSA) is 50.8 Å². The predicted octanol–water partition coefficient (Wildman–Crippen LogP) is 4.87. The van der Waals surface area contributed by atoms with Gasteiger partial charge in [-0.05, 0) is 37.4 Å². The SMILES string of the molecule is CBr.CCOc1c(C(=O)NC(CC)N2CCOCC2)sc2ccc(Br)cc12. The Balaban J connectivity index is 0.00000126. The van der Waals surface area contributed by atoms with E-state index in [4.69, 9.17) is 9.47 Å². The molecule has 3 rings (SSSR count). The molecule has 1 fully saturated rings. The van der Waals surface area contributed by atoms with E-state index in [9.17, 15) is 4.79 Å². The fraction of sp³-hybridized carbons (Fsp3) is 0.526. The van der Waals surface area contributed by atoms with E-state index in [-0.39, 0.29) is 12.1 Å². The molecule has 150 valence electrons. The zero-order chi connectivity index (χ0) is 19.8. The van der Waals surface area contributed by atoms with Crippen LogP contribution >= 0.6 is 43.2 Å². The molecule has 8 heteroatoms. The first-order valence-electron chi connectivity index (χ1n) is 8.99. The molecule has 2 aromatic rings. The fourth-order valence-corrected chi connectivity index (χ4v) is 4.43. The monoisotopic (exact) mass is 520 g/mol. The van der Waals surface area contributed by atoms with E-state index >= 15 is 0 Å². The van der Waals surface area contributed by atoms with Crippen LogP contribution in [0.3, 0.4) is 0 Å². The molecule has 5 nitrogen and oxygen atoms in total. The van der Waals surface area contributed by atoms with E-state index < -0.39 is 0 Å². The van der Waals surface area contributed by atoms with Gasteiger partial charge in [0.25, 0.3) is 5.91 Å². The van der Waals surface area contributed by atoms with Crippen molar-refractivity contribution in [2.24, 2.45) is 0 Å². The average molecular weight is 522 g/mol. The summed E-state index contributed by atoms with van der Waals surface area (Å²) in [6.07, 6.45) is 0.870. The standard InChI is InChI=1S/C18H23BrN2O3S.CH3Br/c1-3-15(21-7-9-23-10-8-21)20-18(22)17-16(24-4-2)13-11-12(19)5-6-14(13)25-17;1-2/h5-6,11,15H,3-4,7-10H2,1-2H3,(H,20,22);1H3. The third kappa shape index (κ3) is 5.67. The summed E-state index contributed by atoms with van der Waals surface area (Å²) in [5.74, 6) is 2.42. The Kier molecular flexibility index (Phi) is 9.52. The van der Waals surface area contributed by atoms with Gasteiger partial charge in [-0.3, -0.25) is 9.69 Å². The number of carbonyl (C=O) groups is 1. The molecule has 2 heterocycles. The Hall–Kier alpha value is -0.670. The minimum atomic E-state index is -0.0703. The zero-order valence-electron chi connectivity index (χ0n) is 15.9. The molecular weight excluding hydrogens is 496 g/mol. The summed E-state index contributed by atoms with van der Waals surface area (Å²) < 4.78 is 13.3. The smallest absolute Gasteiger partial charge is 0.266 e. The molecule has 1 saturated heterocycles. The first kappa shape index (κ1) is 22.6. The van der Waals surface area contributed by atoms with Gasteiger partial charge in [-0.1, -0.05) is 38.8 Å². The van der Waals surface area contributed by atoms with Crippen LogP contribution in [0.2, 0.25) is 0 Å². The normalized spacial score (nSPS) is 15.7. The highest BCUT2D eigenvalue weighted by atomic mass is 79.9. The molecule has 1 aliphatic heterocycles. The molecule has 1 amide bonds. The lowest BCUT2D eigenvalue weighted by molar-refractivity contribution is 0.00829. The van der Waals surface area contributed by atoms with E-state index in [2.05, 4.69) is 49.0 Å². The molecule has 0 radical (unpaired) electrons. The first-order valence-corrected chi connectivity index (χ1v) is 12.2. The molecular formula is C19H26Br2N2O3S. The van der Waals surface area contributed by atoms with Crippen molar-refractivity contribution in [2.75, 3.05) is 38.7 Å². The Morgan fingerprint density at radius 3 is 2.67 bits per heavy atom. The summed E-state index contributed by atoms with van der Waals surface area (Å²) in [5, 5.41) is 4.15. The maximum atomic E-state index is 13.0. The van der Waals surface area contributed by atoms with Crippen LogP contribution in [0.15, 0.2) is 22.7 Å². The Labute approximate surface area is 181 Å². The minimum absolute atomic E-state index is 0.0165. The van der Waals surface area contributed by atoms with Gasteiger partial charge >= 0.3 is 0 Å². The Morgan fingerprint density at radius 2 is 2.04 bits per heavy atom. The molecule has 1 aromatic carbocycles. The van der Waals surface area contributed by atoms with Gasteiger partial charge < -0.3 is 14.8 Å². The van der Waals surface area contributed by atoms with Crippen molar-refractivity contribution in [3.05, 3.63) is 27.5 Å². The molecule has 1 aromatic heterocycles. The lowest BCUT2D eigenvalue weighted by Crippen LogP contribution is -2.51. The van der Waals surface area contributed by atoms with Gasteiger partial charge in [0.15, 0.2) is 5.75 Å². The maximum Gasteiger partial charge on any atom is 0.266 e. The predicted molar refractivity (Wildman–Crippen MR) is 119 cm³/mol. The molecule has 0 spiro atoms. The Morgan fingerprint density at radius 1 is 1.33 bits per heavy atom. The van der Waals surface area contributed by atoms with Crippen LogP contribution in [-0.4, -0.2) is 55.7 Å². The van der Waals surface area contributed by atoms with Crippen molar-refractivity contribution in [3.8, 4) is 5.75 Å². The molecule has 1 aliphatic rings. The van der Waals surface area contributed by atoms with Gasteiger partial charge in [0.2, 0.25) is 0 Å². The van der Waals surface area contributed by atoms with Crippen molar-refractivity contribution >= 4 is 59.2 Å². The number of fused-ring (bicyclic) bond motifs is 1. The molecule has 0 bridgehead atoms. The van der Waals surface area contributed by atoms with E-state index in [1.807, 2.05) is 31.0 Å². The quantitative estimate of drug-likeness (QED) is 0.551. The van der Waals surface area contributed by atoms with Gasteiger partial charge in [-0.25, -0.2) is 0 Å². The first-order chi connectivity index (χ1) is 13.1. The van der Waals surface area contributed by atoms with Gasteiger partial charge in [0.1, 0.15) is 4.88 Å². The van der Waals surface area contributed by atoms with Gasteiger partial charge in [-0.15, -0.1) is 11.3 Å². The van der Waals surface area contributed by atoms with Crippen molar-refractivity contribution < 1.29 is 14.3 Å². The second kappa shape index (κ2) is 11.4. The molecule has 0 saturated carbocycles. The number of halogens is 2. The largest absolute Gasteiger partial charge is 0.491 e. The van der Waals surface area contributed by atoms with Gasteiger partial charge in [0.05, 0.1) is 26.0 Å². The number of ether oxygens (including phenoxy) is 2. The fourth-order valence-electron chi connectivity index (χ4n) is 3.04. The molecule has 1 unspecified atom stereocenters. The summed E-state index contributed by atoms with van der Waals surface area (Å²) >= 11 is 7.91. The van der Waals surface area contributed by atoms with Crippen LogP contribution in [0.1, 0.15) is 29.9 Å². The Bertz CT molecular complexity index is 748. The van der Waals surface area contributed by atoms with Crippen molar-refractivity contribution in [1.82, 2.24) is 10.2 Å². The number of benzene rings is 1. The number of thiophene rings is 1. The number of rotatable bonds is 6. The third-order valence-electron chi connectivity index (χ3n) is 4.27. The van der Waals surface area contributed by atoms with Crippen LogP contribution in [0, 0.1) is 0 Å². The number of hydrogen-bond donors (Lipinski definition) is 1. The number of nitrogens with one attached hydrogen (secondary N) is 1. The second-order valence-corrected chi connectivity index (χ2v) is 7.85. The number of nitrogens with zero attached hydrogens (tertiary/aromatic N) is 1. The van der Waals surface area contributed by atoms with Gasteiger partial charge in [0, 0.05) is 27.6 Å². The second-order valence-electron chi connectivity index (χ2n) is 5.88.